The third-order valence-corrected chi connectivity index (χ3v) is 1.15. The van der Waals surface area contributed by atoms with E-state index in [0.717, 1.165) is 5.52 Å². The van der Waals surface area contributed by atoms with Crippen molar-refractivity contribution in [2.75, 3.05) is 0 Å². The molecule has 0 atom stereocenters. The number of aromatic nitrogens is 4. The van der Waals surface area contributed by atoms with Crippen LogP contribution in [0.4, 0.5) is 0 Å². The van der Waals surface area contributed by atoms with Crippen molar-refractivity contribution < 1.29 is 5.48 Å². The second kappa shape index (κ2) is 2.98. The first kappa shape index (κ1) is 7.49. The van der Waals surface area contributed by atoms with Crippen LogP contribution in [0.15, 0.2) is 24.9 Å². The molecule has 2 N–H and O–H groups in total. The zero-order valence-corrected chi connectivity index (χ0v) is 5.60. The van der Waals surface area contributed by atoms with Gasteiger partial charge in [0.1, 0.15) is 11.8 Å². The maximum Gasteiger partial charge on any atom is 0.181 e. The smallest absolute Gasteiger partial charge is 0.181 e. The molecule has 0 spiro atoms. The van der Waals surface area contributed by atoms with Crippen LogP contribution in [0.3, 0.4) is 0 Å². The average Bonchev–Trinajstić information content (AvgIpc) is 2.05. The summed E-state index contributed by atoms with van der Waals surface area (Å²) in [4.78, 5) is 15.7. The lowest BCUT2D eigenvalue weighted by atomic mass is 10.5. The summed E-state index contributed by atoms with van der Waals surface area (Å²) in [6.07, 6.45) is 6.31. The molecule has 2 heterocycles. The Balaban J connectivity index is 0.000000605. The second-order valence-corrected chi connectivity index (χ2v) is 1.79. The Kier molecular flexibility index (Phi) is 2.03. The molecule has 56 valence electrons. The predicted octanol–water partition coefficient (Wildman–Crippen LogP) is -0.405. The molecule has 0 amide bonds. The summed E-state index contributed by atoms with van der Waals surface area (Å²) >= 11 is 0. The van der Waals surface area contributed by atoms with Gasteiger partial charge < -0.3 is 5.48 Å². The van der Waals surface area contributed by atoms with Gasteiger partial charge in [-0.2, -0.15) is 0 Å². The lowest BCUT2D eigenvalue weighted by Gasteiger charge is -1.89. The highest BCUT2D eigenvalue weighted by Gasteiger charge is 1.90. The zero-order valence-electron chi connectivity index (χ0n) is 5.60. The monoisotopic (exact) mass is 150 g/mol. The van der Waals surface area contributed by atoms with E-state index >= 15 is 0 Å². The molecular weight excluding hydrogens is 144 g/mol. The Morgan fingerprint density at radius 3 is 2.64 bits per heavy atom. The minimum absolute atomic E-state index is 0. The van der Waals surface area contributed by atoms with Crippen LogP contribution >= 0.6 is 0 Å². The summed E-state index contributed by atoms with van der Waals surface area (Å²) in [5.41, 5.74) is 1.36. The molecule has 2 aromatic heterocycles. The molecule has 0 saturated carbocycles. The minimum Gasteiger partial charge on any atom is -0.412 e. The van der Waals surface area contributed by atoms with Gasteiger partial charge in [0.25, 0.3) is 0 Å². The van der Waals surface area contributed by atoms with Gasteiger partial charge in [0.05, 0.1) is 6.20 Å². The van der Waals surface area contributed by atoms with Crippen molar-refractivity contribution in [3.63, 3.8) is 0 Å². The van der Waals surface area contributed by atoms with E-state index in [0.29, 0.717) is 5.65 Å². The zero-order chi connectivity index (χ0) is 6.81. The molecule has 0 saturated heterocycles. The molecule has 0 aliphatic heterocycles. The fourth-order valence-corrected chi connectivity index (χ4v) is 0.724. The maximum absolute atomic E-state index is 3.99. The number of nitrogens with zero attached hydrogens (tertiary/aromatic N) is 4. The summed E-state index contributed by atoms with van der Waals surface area (Å²) in [5, 5.41) is 0. The number of hydrogen-bond acceptors (Lipinski definition) is 4. The Morgan fingerprint density at radius 2 is 1.82 bits per heavy atom. The van der Waals surface area contributed by atoms with Crippen LogP contribution in [-0.2, 0) is 0 Å². The van der Waals surface area contributed by atoms with Crippen LogP contribution in [0.2, 0.25) is 0 Å². The topological polar surface area (TPSA) is 83.1 Å². The van der Waals surface area contributed by atoms with E-state index < -0.39 is 0 Å². The van der Waals surface area contributed by atoms with Crippen LogP contribution < -0.4 is 0 Å². The Hall–Kier alpha value is -1.62. The van der Waals surface area contributed by atoms with E-state index in [4.69, 9.17) is 0 Å². The number of rotatable bonds is 0. The fourth-order valence-electron chi connectivity index (χ4n) is 0.724. The molecular formula is C6H6N4O. The molecule has 2 rings (SSSR count). The Morgan fingerprint density at radius 1 is 1.00 bits per heavy atom. The van der Waals surface area contributed by atoms with Gasteiger partial charge in [0.2, 0.25) is 0 Å². The average molecular weight is 150 g/mol. The van der Waals surface area contributed by atoms with Gasteiger partial charge in [-0.15, -0.1) is 0 Å². The normalized spacial score (nSPS) is 9.09. The van der Waals surface area contributed by atoms with E-state index in [9.17, 15) is 0 Å². The molecule has 5 heteroatoms. The molecule has 0 aromatic carbocycles. The SMILES string of the molecule is O.c1cnc2ncncc2n1. The van der Waals surface area contributed by atoms with Gasteiger partial charge in [-0.05, 0) is 0 Å². The highest BCUT2D eigenvalue weighted by molar-refractivity contribution is 5.66. The van der Waals surface area contributed by atoms with Crippen LogP contribution in [0, 0.1) is 0 Å². The second-order valence-electron chi connectivity index (χ2n) is 1.79. The molecule has 2 aromatic rings. The van der Waals surface area contributed by atoms with Crippen LogP contribution in [0.5, 0.6) is 0 Å². The quantitative estimate of drug-likeness (QED) is 0.511. The summed E-state index contributed by atoms with van der Waals surface area (Å²) in [5.74, 6) is 0. The van der Waals surface area contributed by atoms with Crippen molar-refractivity contribution in [1.82, 2.24) is 19.9 Å². The van der Waals surface area contributed by atoms with Crippen molar-refractivity contribution in [1.29, 1.82) is 0 Å². The van der Waals surface area contributed by atoms with Crippen molar-refractivity contribution >= 4 is 11.2 Å². The predicted molar refractivity (Wildman–Crippen MR) is 38.7 cm³/mol. The van der Waals surface area contributed by atoms with E-state index in [1.54, 1.807) is 18.6 Å². The number of fused-ring (bicyclic) bond motifs is 1. The van der Waals surface area contributed by atoms with E-state index in [1.165, 1.54) is 6.33 Å². The highest BCUT2D eigenvalue weighted by Crippen LogP contribution is 1.98. The summed E-state index contributed by atoms with van der Waals surface area (Å²) < 4.78 is 0. The number of hydrogen-bond donors (Lipinski definition) is 0. The summed E-state index contributed by atoms with van der Waals surface area (Å²) in [6, 6.07) is 0. The highest BCUT2D eigenvalue weighted by atomic mass is 16.0. The van der Waals surface area contributed by atoms with Gasteiger partial charge in [0.15, 0.2) is 5.65 Å². The van der Waals surface area contributed by atoms with Gasteiger partial charge in [0, 0.05) is 12.4 Å². The van der Waals surface area contributed by atoms with E-state index in [1.807, 2.05) is 0 Å². The maximum atomic E-state index is 3.99. The Labute approximate surface area is 62.5 Å². The largest absolute Gasteiger partial charge is 0.412 e. The van der Waals surface area contributed by atoms with Crippen molar-refractivity contribution in [2.24, 2.45) is 0 Å². The first-order valence-corrected chi connectivity index (χ1v) is 2.83. The van der Waals surface area contributed by atoms with Gasteiger partial charge in [-0.25, -0.2) is 19.9 Å². The lowest BCUT2D eigenvalue weighted by Crippen LogP contribution is -1.85. The van der Waals surface area contributed by atoms with Gasteiger partial charge in [-0.3, -0.25) is 0 Å². The summed E-state index contributed by atoms with van der Waals surface area (Å²) in [6.45, 7) is 0. The molecule has 11 heavy (non-hydrogen) atoms. The standard InChI is InChI=1S/C6H4N4.H2O/c1-2-9-6-5(8-1)3-7-4-10-6;/h1-4H;1H2. The molecule has 5 nitrogen and oxygen atoms in total. The summed E-state index contributed by atoms with van der Waals surface area (Å²) in [7, 11) is 0. The minimum atomic E-state index is 0. The van der Waals surface area contributed by atoms with Crippen molar-refractivity contribution in [3.8, 4) is 0 Å². The first-order chi connectivity index (χ1) is 4.97. The lowest BCUT2D eigenvalue weighted by molar-refractivity contribution is 0.824. The molecule has 0 aliphatic rings. The Bertz CT molecular complexity index is 286. The molecule has 0 aliphatic carbocycles. The van der Waals surface area contributed by atoms with Crippen molar-refractivity contribution in [3.05, 3.63) is 24.9 Å². The van der Waals surface area contributed by atoms with Gasteiger partial charge >= 0.3 is 0 Å². The van der Waals surface area contributed by atoms with Crippen molar-refractivity contribution in [2.45, 2.75) is 0 Å². The first-order valence-electron chi connectivity index (χ1n) is 2.83. The van der Waals surface area contributed by atoms with Crippen LogP contribution in [-0.4, -0.2) is 25.4 Å². The molecule has 0 bridgehead atoms. The van der Waals surface area contributed by atoms with Crippen LogP contribution in [0.1, 0.15) is 0 Å². The molecule has 0 fully saturated rings. The van der Waals surface area contributed by atoms with Crippen LogP contribution in [0.25, 0.3) is 11.2 Å². The fraction of sp³-hybridized carbons (Fsp3) is 0. The van der Waals surface area contributed by atoms with E-state index in [2.05, 4.69) is 19.9 Å². The third kappa shape index (κ3) is 1.27. The molecule has 0 radical (unpaired) electrons. The third-order valence-electron chi connectivity index (χ3n) is 1.15. The van der Waals surface area contributed by atoms with E-state index in [-0.39, 0.29) is 5.48 Å². The molecule has 0 unspecified atom stereocenters. The van der Waals surface area contributed by atoms with Gasteiger partial charge in [-0.1, -0.05) is 0 Å².